The molecule has 1 heteroatoms. The molecule has 0 amide bonds. The maximum Gasteiger partial charge on any atom is 0.106 e. The Labute approximate surface area is 103 Å². The van der Waals surface area contributed by atoms with Crippen LogP contribution in [0.15, 0.2) is 0 Å². The van der Waals surface area contributed by atoms with Crippen molar-refractivity contribution in [2.24, 2.45) is 5.92 Å². The average Bonchev–Trinajstić information content (AvgIpc) is 2.28. The van der Waals surface area contributed by atoms with Gasteiger partial charge in [-0.2, -0.15) is 0 Å². The van der Waals surface area contributed by atoms with Gasteiger partial charge in [0.25, 0.3) is 0 Å². The Hall–Kier alpha value is -0.0400. The number of unbranched alkanes of at least 4 members (excludes halogenated alkanes) is 2. The molecule has 0 aromatic carbocycles. The Morgan fingerprint density at radius 3 is 1.94 bits per heavy atom. The Balaban J connectivity index is 4.41. The molecule has 0 saturated heterocycles. The fourth-order valence-corrected chi connectivity index (χ4v) is 2.72. The highest BCUT2D eigenvalue weighted by atomic mass is 16.3. The summed E-state index contributed by atoms with van der Waals surface area (Å²) >= 11 is 0. The molecular weight excluding hydrogens is 196 g/mol. The number of rotatable bonds is 10. The molecule has 0 bridgehead atoms. The molecule has 0 aromatic heterocycles. The Morgan fingerprint density at radius 1 is 0.875 bits per heavy atom. The van der Waals surface area contributed by atoms with Gasteiger partial charge in [-0.05, 0) is 25.2 Å². The van der Waals surface area contributed by atoms with Crippen molar-refractivity contribution >= 4 is 0 Å². The van der Waals surface area contributed by atoms with Crippen molar-refractivity contribution in [1.29, 1.82) is 0 Å². The summed E-state index contributed by atoms with van der Waals surface area (Å²) in [6.45, 7) is 8.73. The zero-order valence-electron chi connectivity index (χ0n) is 11.8. The highest BCUT2D eigenvalue weighted by Crippen LogP contribution is 2.35. The zero-order chi connectivity index (χ0) is 12.4. The molecule has 0 N–H and O–H groups in total. The van der Waals surface area contributed by atoms with Crippen LogP contribution in [-0.4, -0.2) is 5.60 Å². The summed E-state index contributed by atoms with van der Waals surface area (Å²) in [4.78, 5) is 0. The van der Waals surface area contributed by atoms with Crippen LogP contribution in [0.2, 0.25) is 0 Å². The summed E-state index contributed by atoms with van der Waals surface area (Å²) < 4.78 is 0. The first-order chi connectivity index (χ1) is 7.64. The minimum Gasteiger partial charge on any atom is -0.229 e. The maximum absolute atomic E-state index is 12.9. The van der Waals surface area contributed by atoms with Crippen molar-refractivity contribution < 1.29 is 5.11 Å². The largest absolute Gasteiger partial charge is 0.229 e. The minimum atomic E-state index is -0.630. The highest BCUT2D eigenvalue weighted by molar-refractivity contribution is 4.85. The van der Waals surface area contributed by atoms with Gasteiger partial charge < -0.3 is 0 Å². The van der Waals surface area contributed by atoms with E-state index in [-0.39, 0.29) is 0 Å². The van der Waals surface area contributed by atoms with E-state index in [0.29, 0.717) is 5.92 Å². The summed E-state index contributed by atoms with van der Waals surface area (Å²) in [5, 5.41) is 12.9. The summed E-state index contributed by atoms with van der Waals surface area (Å²) in [5.41, 5.74) is -0.630. The van der Waals surface area contributed by atoms with Crippen LogP contribution in [0.3, 0.4) is 0 Å². The van der Waals surface area contributed by atoms with E-state index in [1.807, 2.05) is 0 Å². The third-order valence-corrected chi connectivity index (χ3v) is 3.77. The van der Waals surface area contributed by atoms with Crippen molar-refractivity contribution in [2.75, 3.05) is 0 Å². The third-order valence-electron chi connectivity index (χ3n) is 3.77. The first kappa shape index (κ1) is 16.0. The van der Waals surface area contributed by atoms with Crippen LogP contribution in [0.4, 0.5) is 0 Å². The standard InChI is InChI=1S/C15H31O/c1-5-9-11-14(8-4)15(16,12-7-3)13-10-6-2/h14H,5-13H2,1-4H3. The smallest absolute Gasteiger partial charge is 0.106 e. The lowest BCUT2D eigenvalue weighted by atomic mass is 9.76. The summed E-state index contributed by atoms with van der Waals surface area (Å²) in [6, 6.07) is 0. The van der Waals surface area contributed by atoms with Crippen LogP contribution in [0.1, 0.15) is 85.5 Å². The van der Waals surface area contributed by atoms with Crippen LogP contribution in [0, 0.1) is 5.92 Å². The quantitative estimate of drug-likeness (QED) is 0.478. The Kier molecular flexibility index (Phi) is 9.02. The molecule has 0 saturated carbocycles. The molecule has 0 heterocycles. The SMILES string of the molecule is CCCCC(CC)C([O])(CCC)CCCC. The van der Waals surface area contributed by atoms with E-state index in [2.05, 4.69) is 27.7 Å². The van der Waals surface area contributed by atoms with Crippen molar-refractivity contribution in [3.63, 3.8) is 0 Å². The van der Waals surface area contributed by atoms with E-state index in [1.165, 1.54) is 12.8 Å². The molecule has 1 nitrogen and oxygen atoms in total. The molecule has 16 heavy (non-hydrogen) atoms. The topological polar surface area (TPSA) is 19.9 Å². The van der Waals surface area contributed by atoms with Crippen LogP contribution >= 0.6 is 0 Å². The van der Waals surface area contributed by atoms with Crippen LogP contribution in [0.5, 0.6) is 0 Å². The fraction of sp³-hybridized carbons (Fsp3) is 1.00. The van der Waals surface area contributed by atoms with E-state index in [1.54, 1.807) is 0 Å². The normalized spacial score (nSPS) is 17.1. The molecule has 0 aliphatic rings. The first-order valence-corrected chi connectivity index (χ1v) is 7.34. The van der Waals surface area contributed by atoms with E-state index in [4.69, 9.17) is 0 Å². The van der Waals surface area contributed by atoms with Crippen molar-refractivity contribution in [2.45, 2.75) is 91.1 Å². The number of hydrogen-bond acceptors (Lipinski definition) is 0. The molecule has 0 aliphatic heterocycles. The summed E-state index contributed by atoms with van der Waals surface area (Å²) in [5.74, 6) is 0.402. The van der Waals surface area contributed by atoms with E-state index < -0.39 is 5.60 Å². The van der Waals surface area contributed by atoms with Crippen LogP contribution in [0.25, 0.3) is 0 Å². The van der Waals surface area contributed by atoms with Crippen molar-refractivity contribution in [3.05, 3.63) is 0 Å². The Bertz CT molecular complexity index is 156. The van der Waals surface area contributed by atoms with Gasteiger partial charge in [0.1, 0.15) is 5.60 Å². The van der Waals surface area contributed by atoms with Gasteiger partial charge in [0.05, 0.1) is 0 Å². The molecule has 97 valence electrons. The molecule has 0 aromatic rings. The molecule has 2 atom stereocenters. The van der Waals surface area contributed by atoms with Gasteiger partial charge in [-0.1, -0.05) is 66.2 Å². The first-order valence-electron chi connectivity index (χ1n) is 7.34. The lowest BCUT2D eigenvalue weighted by Crippen LogP contribution is -2.36. The van der Waals surface area contributed by atoms with Crippen molar-refractivity contribution in [1.82, 2.24) is 0 Å². The number of hydrogen-bond donors (Lipinski definition) is 0. The van der Waals surface area contributed by atoms with Gasteiger partial charge in [-0.3, -0.25) is 0 Å². The molecule has 2 unspecified atom stereocenters. The van der Waals surface area contributed by atoms with E-state index in [0.717, 1.165) is 44.9 Å². The van der Waals surface area contributed by atoms with Crippen molar-refractivity contribution in [3.8, 4) is 0 Å². The highest BCUT2D eigenvalue weighted by Gasteiger charge is 2.35. The molecule has 0 spiro atoms. The lowest BCUT2D eigenvalue weighted by Gasteiger charge is -2.34. The third kappa shape index (κ3) is 5.34. The second-order valence-corrected chi connectivity index (χ2v) is 5.17. The van der Waals surface area contributed by atoms with E-state index in [9.17, 15) is 5.11 Å². The van der Waals surface area contributed by atoms with Crippen LogP contribution < -0.4 is 0 Å². The summed E-state index contributed by atoms with van der Waals surface area (Å²) in [6.07, 6.45) is 9.69. The predicted octanol–water partition coefficient (Wildman–Crippen LogP) is 5.36. The van der Waals surface area contributed by atoms with Gasteiger partial charge in [0, 0.05) is 0 Å². The second kappa shape index (κ2) is 9.04. The molecular formula is C15H31O. The molecule has 0 fully saturated rings. The van der Waals surface area contributed by atoms with Gasteiger partial charge in [0.15, 0.2) is 0 Å². The van der Waals surface area contributed by atoms with Gasteiger partial charge in [-0.15, -0.1) is 0 Å². The maximum atomic E-state index is 12.9. The van der Waals surface area contributed by atoms with Gasteiger partial charge >= 0.3 is 0 Å². The fourth-order valence-electron chi connectivity index (χ4n) is 2.72. The van der Waals surface area contributed by atoms with E-state index >= 15 is 0 Å². The molecule has 1 radical (unpaired) electrons. The molecule has 0 aliphatic carbocycles. The Morgan fingerprint density at radius 2 is 1.50 bits per heavy atom. The zero-order valence-corrected chi connectivity index (χ0v) is 11.8. The lowest BCUT2D eigenvalue weighted by molar-refractivity contribution is -0.0966. The summed E-state index contributed by atoms with van der Waals surface area (Å²) in [7, 11) is 0. The monoisotopic (exact) mass is 227 g/mol. The average molecular weight is 227 g/mol. The van der Waals surface area contributed by atoms with Gasteiger partial charge in [-0.25, -0.2) is 5.11 Å². The molecule has 0 rings (SSSR count). The minimum absolute atomic E-state index is 0.402. The van der Waals surface area contributed by atoms with Gasteiger partial charge in [0.2, 0.25) is 0 Å². The second-order valence-electron chi connectivity index (χ2n) is 5.17. The predicted molar refractivity (Wildman–Crippen MR) is 71.2 cm³/mol. The van der Waals surface area contributed by atoms with Crippen LogP contribution in [-0.2, 0) is 5.11 Å².